The van der Waals surface area contributed by atoms with E-state index in [0.717, 1.165) is 27.9 Å². The fourth-order valence-corrected chi connectivity index (χ4v) is 6.28. The van der Waals surface area contributed by atoms with Crippen molar-refractivity contribution in [1.82, 2.24) is 4.31 Å². The lowest BCUT2D eigenvalue weighted by atomic mass is 10.1. The smallest absolute Gasteiger partial charge is 0.258 e. The highest BCUT2D eigenvalue weighted by molar-refractivity contribution is 7.89. The zero-order valence-electron chi connectivity index (χ0n) is 23.8. The van der Waals surface area contributed by atoms with Crippen LogP contribution in [0, 0.1) is 13.8 Å². The average molecular weight is 584 g/mol. The van der Waals surface area contributed by atoms with Gasteiger partial charge in [-0.05, 0) is 79.9 Å². The second-order valence-electron chi connectivity index (χ2n) is 10.4. The maximum absolute atomic E-state index is 13.6. The third-order valence-electron chi connectivity index (χ3n) is 7.30. The number of carbonyl (C=O) groups excluding carboxylic acids is 2. The molecule has 42 heavy (non-hydrogen) atoms. The molecule has 4 aromatic rings. The van der Waals surface area contributed by atoms with Crippen LogP contribution in [0.4, 0.5) is 11.4 Å². The van der Waals surface area contributed by atoms with Crippen molar-refractivity contribution in [1.29, 1.82) is 0 Å². The normalized spacial score (nSPS) is 12.7. The molecular weight excluding hydrogens is 550 g/mol. The number of carbonyl (C=O) groups is 2. The van der Waals surface area contributed by atoms with Gasteiger partial charge in [-0.3, -0.25) is 9.59 Å². The summed E-state index contributed by atoms with van der Waals surface area (Å²) in [5.74, 6) is 0.0382. The minimum absolute atomic E-state index is 0.0399. The van der Waals surface area contributed by atoms with Crippen LogP contribution >= 0.6 is 0 Å². The number of anilines is 2. The maximum Gasteiger partial charge on any atom is 0.258 e. The van der Waals surface area contributed by atoms with Gasteiger partial charge < -0.3 is 15.0 Å². The molecule has 0 aromatic heterocycles. The van der Waals surface area contributed by atoms with Crippen LogP contribution < -0.4 is 15.0 Å². The van der Waals surface area contributed by atoms with Crippen molar-refractivity contribution < 1.29 is 22.7 Å². The number of hydrogen-bond donors (Lipinski definition) is 1. The first-order chi connectivity index (χ1) is 20.1. The first kappa shape index (κ1) is 29.0. The van der Waals surface area contributed by atoms with Crippen LogP contribution in [0.5, 0.6) is 5.75 Å². The van der Waals surface area contributed by atoms with Gasteiger partial charge in [0.2, 0.25) is 15.9 Å². The molecule has 2 amide bonds. The van der Waals surface area contributed by atoms with Gasteiger partial charge in [0.15, 0.2) is 0 Å². The summed E-state index contributed by atoms with van der Waals surface area (Å²) in [5.41, 5.74) is 5.50. The Bertz CT molecular complexity index is 1700. The molecule has 8 nitrogen and oxygen atoms in total. The first-order valence-corrected chi connectivity index (χ1v) is 15.1. The quantitative estimate of drug-likeness (QED) is 0.287. The minimum Gasteiger partial charge on any atom is -0.497 e. The highest BCUT2D eigenvalue weighted by atomic mass is 32.2. The summed E-state index contributed by atoms with van der Waals surface area (Å²) in [5, 5.41) is 2.84. The van der Waals surface area contributed by atoms with Crippen LogP contribution in [0.15, 0.2) is 95.9 Å². The lowest BCUT2D eigenvalue weighted by Gasteiger charge is -2.22. The summed E-state index contributed by atoms with van der Waals surface area (Å²) in [4.78, 5) is 28.4. The molecule has 1 aliphatic rings. The van der Waals surface area contributed by atoms with Crippen molar-refractivity contribution in [2.24, 2.45) is 0 Å². The number of ether oxygens (including phenoxy) is 1. The zero-order chi connectivity index (χ0) is 29.9. The van der Waals surface area contributed by atoms with E-state index in [1.807, 2.05) is 44.2 Å². The molecular formula is C33H33N3O5S. The Morgan fingerprint density at radius 3 is 2.17 bits per heavy atom. The van der Waals surface area contributed by atoms with Crippen LogP contribution in [-0.4, -0.2) is 44.7 Å². The Morgan fingerprint density at radius 1 is 0.881 bits per heavy atom. The average Bonchev–Trinajstić information content (AvgIpc) is 3.41. The van der Waals surface area contributed by atoms with Crippen LogP contribution in [0.25, 0.3) is 0 Å². The SMILES string of the molecule is COc1ccc(C(=O)N2CCc3ccc(NC(=O)CN(Cc4ccc(C)cc4)S(=O)(=O)c4ccc(C)cc4)cc32)cc1. The van der Waals surface area contributed by atoms with Crippen molar-refractivity contribution >= 4 is 33.2 Å². The summed E-state index contributed by atoms with van der Waals surface area (Å²) in [6.07, 6.45) is 0.699. The van der Waals surface area contributed by atoms with E-state index in [4.69, 9.17) is 4.74 Å². The predicted octanol–water partition coefficient (Wildman–Crippen LogP) is 5.34. The monoisotopic (exact) mass is 583 g/mol. The third-order valence-corrected chi connectivity index (χ3v) is 9.11. The molecule has 1 N–H and O–H groups in total. The van der Waals surface area contributed by atoms with Gasteiger partial charge >= 0.3 is 0 Å². The molecule has 9 heteroatoms. The van der Waals surface area contributed by atoms with Crippen LogP contribution in [0.2, 0.25) is 0 Å². The van der Waals surface area contributed by atoms with Gasteiger partial charge in [-0.15, -0.1) is 0 Å². The van der Waals surface area contributed by atoms with E-state index < -0.39 is 15.9 Å². The standard InChI is InChI=1S/C33H33N3O5S/c1-23-4-8-25(9-5-23)21-35(42(39,40)30-16-6-24(2)7-17-30)22-32(37)34-28-13-10-26-18-19-36(31(26)20-28)33(38)27-11-14-29(41-3)15-12-27/h4-17,20H,18-19,21-22H2,1-3H3,(H,34,37). The second-order valence-corrected chi connectivity index (χ2v) is 12.3. The summed E-state index contributed by atoms with van der Waals surface area (Å²) in [7, 11) is -2.40. The molecule has 1 heterocycles. The van der Waals surface area contributed by atoms with Gasteiger partial charge in [-0.1, -0.05) is 53.6 Å². The Hall–Kier alpha value is -4.47. The molecule has 5 rings (SSSR count). The van der Waals surface area contributed by atoms with E-state index in [1.54, 1.807) is 72.7 Å². The van der Waals surface area contributed by atoms with E-state index in [-0.39, 0.29) is 23.9 Å². The molecule has 0 atom stereocenters. The van der Waals surface area contributed by atoms with E-state index in [1.165, 1.54) is 4.31 Å². The number of nitrogens with one attached hydrogen (secondary N) is 1. The van der Waals surface area contributed by atoms with E-state index in [2.05, 4.69) is 5.32 Å². The van der Waals surface area contributed by atoms with E-state index in [0.29, 0.717) is 30.0 Å². The number of benzene rings is 4. The van der Waals surface area contributed by atoms with Gasteiger partial charge in [-0.25, -0.2) is 8.42 Å². The van der Waals surface area contributed by atoms with Gasteiger partial charge in [-0.2, -0.15) is 4.31 Å². The second kappa shape index (κ2) is 12.2. The van der Waals surface area contributed by atoms with Crippen LogP contribution in [0.3, 0.4) is 0 Å². The Balaban J connectivity index is 1.35. The molecule has 0 aliphatic carbocycles. The molecule has 0 radical (unpaired) electrons. The fraction of sp³-hybridized carbons (Fsp3) is 0.212. The van der Waals surface area contributed by atoms with Crippen molar-refractivity contribution in [3.63, 3.8) is 0 Å². The Labute approximate surface area is 246 Å². The summed E-state index contributed by atoms with van der Waals surface area (Å²) < 4.78 is 33.7. The molecule has 0 unspecified atom stereocenters. The van der Waals surface area contributed by atoms with Crippen molar-refractivity contribution in [3.05, 3.63) is 119 Å². The zero-order valence-corrected chi connectivity index (χ0v) is 24.6. The number of amides is 2. The topological polar surface area (TPSA) is 96.0 Å². The van der Waals surface area contributed by atoms with Gasteiger partial charge in [0.05, 0.1) is 18.6 Å². The predicted molar refractivity (Wildman–Crippen MR) is 163 cm³/mol. The first-order valence-electron chi connectivity index (χ1n) is 13.6. The largest absolute Gasteiger partial charge is 0.497 e. The highest BCUT2D eigenvalue weighted by Crippen LogP contribution is 2.32. The lowest BCUT2D eigenvalue weighted by Crippen LogP contribution is -2.37. The molecule has 0 saturated carbocycles. The molecule has 0 spiro atoms. The Morgan fingerprint density at radius 2 is 1.52 bits per heavy atom. The minimum atomic E-state index is -3.97. The number of methoxy groups -OCH3 is 1. The molecule has 0 bridgehead atoms. The van der Waals surface area contributed by atoms with E-state index >= 15 is 0 Å². The number of nitrogens with zero attached hydrogens (tertiary/aromatic N) is 2. The number of hydrogen-bond acceptors (Lipinski definition) is 5. The maximum atomic E-state index is 13.6. The Kier molecular flexibility index (Phi) is 8.42. The van der Waals surface area contributed by atoms with Crippen LogP contribution in [-0.2, 0) is 27.8 Å². The number of aryl methyl sites for hydroxylation is 2. The van der Waals surface area contributed by atoms with Crippen LogP contribution in [0.1, 0.15) is 32.6 Å². The number of sulfonamides is 1. The summed E-state index contributed by atoms with van der Waals surface area (Å²) in [6, 6.07) is 26.5. The van der Waals surface area contributed by atoms with E-state index in [9.17, 15) is 18.0 Å². The summed E-state index contributed by atoms with van der Waals surface area (Å²) >= 11 is 0. The van der Waals surface area contributed by atoms with Gasteiger partial charge in [0.25, 0.3) is 5.91 Å². The number of fused-ring (bicyclic) bond motifs is 1. The van der Waals surface area contributed by atoms with Crippen molar-refractivity contribution in [2.75, 3.05) is 30.4 Å². The molecule has 216 valence electrons. The van der Waals surface area contributed by atoms with Crippen molar-refractivity contribution in [2.45, 2.75) is 31.7 Å². The molecule has 4 aromatic carbocycles. The lowest BCUT2D eigenvalue weighted by molar-refractivity contribution is -0.116. The number of rotatable bonds is 9. The molecule has 1 aliphatic heterocycles. The van der Waals surface area contributed by atoms with Gasteiger partial charge in [0.1, 0.15) is 5.75 Å². The van der Waals surface area contributed by atoms with Crippen molar-refractivity contribution in [3.8, 4) is 5.75 Å². The summed E-state index contributed by atoms with van der Waals surface area (Å²) in [6.45, 7) is 4.03. The molecule has 0 fully saturated rings. The fourth-order valence-electron chi connectivity index (χ4n) is 4.90. The highest BCUT2D eigenvalue weighted by Gasteiger charge is 2.29. The molecule has 0 saturated heterocycles. The van der Waals surface area contributed by atoms with Gasteiger partial charge in [0, 0.05) is 30.0 Å². The third kappa shape index (κ3) is 6.37.